The van der Waals surface area contributed by atoms with Gasteiger partial charge in [-0.05, 0) is 42.0 Å². The van der Waals surface area contributed by atoms with Gasteiger partial charge in [0.25, 0.3) is 0 Å². The third-order valence-corrected chi connectivity index (χ3v) is 5.55. The molecule has 26 heavy (non-hydrogen) atoms. The van der Waals surface area contributed by atoms with Gasteiger partial charge in [-0.3, -0.25) is 4.79 Å². The van der Waals surface area contributed by atoms with E-state index in [-0.39, 0.29) is 11.8 Å². The number of hydrogen-bond acceptors (Lipinski definition) is 1. The number of fused-ring (bicyclic) bond motifs is 1. The van der Waals surface area contributed by atoms with Crippen molar-refractivity contribution in [2.75, 3.05) is 0 Å². The van der Waals surface area contributed by atoms with Crippen molar-refractivity contribution in [3.05, 3.63) is 70.4 Å². The first kappa shape index (κ1) is 17.2. The van der Waals surface area contributed by atoms with Gasteiger partial charge in [-0.1, -0.05) is 54.9 Å². The van der Waals surface area contributed by atoms with Crippen LogP contribution in [0.15, 0.2) is 48.7 Å². The van der Waals surface area contributed by atoms with E-state index in [2.05, 4.69) is 35.4 Å². The second-order valence-electron chi connectivity index (χ2n) is 7.06. The molecule has 1 unspecified atom stereocenters. The average Bonchev–Trinajstić information content (AvgIpc) is 3.35. The lowest BCUT2D eigenvalue weighted by molar-refractivity contribution is -0.121. The van der Waals surface area contributed by atoms with E-state index < -0.39 is 0 Å². The van der Waals surface area contributed by atoms with E-state index in [0.717, 1.165) is 35.9 Å². The van der Waals surface area contributed by atoms with E-state index in [1.807, 2.05) is 30.5 Å². The second kappa shape index (κ2) is 7.16. The summed E-state index contributed by atoms with van der Waals surface area (Å²) in [5, 5.41) is 4.99. The maximum Gasteiger partial charge on any atom is 0.221 e. The quantitative estimate of drug-likeness (QED) is 0.620. The van der Waals surface area contributed by atoms with Crippen molar-refractivity contribution >= 4 is 28.4 Å². The summed E-state index contributed by atoms with van der Waals surface area (Å²) in [5.74, 6) is 0.0294. The van der Waals surface area contributed by atoms with Crippen LogP contribution in [0.4, 0.5) is 0 Å². The molecule has 0 saturated heterocycles. The number of carbonyl (C=O) groups is 1. The van der Waals surface area contributed by atoms with E-state index in [0.29, 0.717) is 17.5 Å². The number of para-hydroxylation sites is 1. The van der Waals surface area contributed by atoms with Crippen LogP contribution in [0.5, 0.6) is 0 Å². The van der Waals surface area contributed by atoms with Gasteiger partial charge in [0.05, 0.1) is 0 Å². The predicted octanol–water partition coefficient (Wildman–Crippen LogP) is 5.18. The number of H-pyrrole nitrogens is 1. The molecule has 3 aromatic rings. The summed E-state index contributed by atoms with van der Waals surface area (Å²) in [6.07, 6.45) is 5.60. The Hall–Kier alpha value is -2.26. The Bertz CT molecular complexity index is 942. The monoisotopic (exact) mass is 366 g/mol. The van der Waals surface area contributed by atoms with Gasteiger partial charge in [0.2, 0.25) is 5.91 Å². The maximum absolute atomic E-state index is 12.6. The van der Waals surface area contributed by atoms with Crippen LogP contribution in [0.3, 0.4) is 0 Å². The molecule has 1 fully saturated rings. The van der Waals surface area contributed by atoms with Crippen LogP contribution >= 0.6 is 11.6 Å². The molecule has 4 heteroatoms. The molecule has 1 amide bonds. The highest BCUT2D eigenvalue weighted by Gasteiger charge is 2.27. The van der Waals surface area contributed by atoms with E-state index in [1.54, 1.807) is 0 Å². The highest BCUT2D eigenvalue weighted by molar-refractivity contribution is 6.31. The summed E-state index contributed by atoms with van der Waals surface area (Å²) < 4.78 is 0. The Morgan fingerprint density at radius 2 is 2.00 bits per heavy atom. The smallest absolute Gasteiger partial charge is 0.221 e. The molecule has 3 nitrogen and oxygen atoms in total. The number of carbonyl (C=O) groups excluding carboxylic acids is 1. The summed E-state index contributed by atoms with van der Waals surface area (Å²) in [5.41, 5.74) is 4.58. The fourth-order valence-corrected chi connectivity index (χ4v) is 3.93. The van der Waals surface area contributed by atoms with Gasteiger partial charge in [0.15, 0.2) is 0 Å². The second-order valence-corrected chi connectivity index (χ2v) is 7.46. The zero-order valence-electron chi connectivity index (χ0n) is 14.9. The fraction of sp³-hybridized carbons (Fsp3) is 0.318. The van der Waals surface area contributed by atoms with Crippen LogP contribution in [0.2, 0.25) is 5.02 Å². The van der Waals surface area contributed by atoms with Crippen molar-refractivity contribution in [2.24, 2.45) is 0 Å². The van der Waals surface area contributed by atoms with Crippen molar-refractivity contribution in [3.8, 4) is 0 Å². The third kappa shape index (κ3) is 3.36. The van der Waals surface area contributed by atoms with Crippen molar-refractivity contribution in [3.63, 3.8) is 0 Å². The number of amides is 1. The van der Waals surface area contributed by atoms with Gasteiger partial charge < -0.3 is 10.3 Å². The van der Waals surface area contributed by atoms with Crippen LogP contribution in [0.25, 0.3) is 10.9 Å². The van der Waals surface area contributed by atoms with Crippen molar-refractivity contribution < 1.29 is 4.79 Å². The normalized spacial score (nSPS) is 15.2. The topological polar surface area (TPSA) is 44.9 Å². The number of halogens is 1. The molecule has 0 aliphatic heterocycles. The molecule has 1 heterocycles. The number of aromatic nitrogens is 1. The van der Waals surface area contributed by atoms with Gasteiger partial charge >= 0.3 is 0 Å². The van der Waals surface area contributed by atoms with Crippen LogP contribution in [-0.4, -0.2) is 16.9 Å². The highest BCUT2D eigenvalue weighted by atomic mass is 35.5. The molecule has 2 aromatic carbocycles. The molecule has 1 aliphatic carbocycles. The zero-order valence-corrected chi connectivity index (χ0v) is 15.6. The SMILES string of the molecule is CCc1cccc2c(C(CC(=O)NC3CC3)c3ccccc3Cl)c[nH]c12. The summed E-state index contributed by atoms with van der Waals surface area (Å²) in [6, 6.07) is 14.6. The molecule has 1 atom stereocenters. The number of benzene rings is 2. The molecule has 0 bridgehead atoms. The molecule has 134 valence electrons. The Morgan fingerprint density at radius 1 is 1.19 bits per heavy atom. The first-order valence-corrected chi connectivity index (χ1v) is 9.67. The van der Waals surface area contributed by atoms with E-state index in [1.165, 1.54) is 10.9 Å². The summed E-state index contributed by atoms with van der Waals surface area (Å²) in [6.45, 7) is 2.16. The number of rotatable bonds is 6. The minimum Gasteiger partial charge on any atom is -0.361 e. The molecular formula is C22H23ClN2O. The lowest BCUT2D eigenvalue weighted by Gasteiger charge is -2.18. The van der Waals surface area contributed by atoms with E-state index in [4.69, 9.17) is 11.6 Å². The molecule has 2 N–H and O–H groups in total. The number of hydrogen-bond donors (Lipinski definition) is 2. The largest absolute Gasteiger partial charge is 0.361 e. The first-order chi connectivity index (χ1) is 12.7. The molecule has 4 rings (SSSR count). The van der Waals surface area contributed by atoms with Crippen LogP contribution in [0.1, 0.15) is 48.8 Å². The lowest BCUT2D eigenvalue weighted by atomic mass is 9.87. The van der Waals surface area contributed by atoms with E-state index in [9.17, 15) is 4.79 Å². The maximum atomic E-state index is 12.6. The van der Waals surface area contributed by atoms with Gasteiger partial charge in [-0.25, -0.2) is 0 Å². The standard InChI is InChI=1S/C22H23ClN2O/c1-2-14-6-5-8-17-19(13-24-22(14)17)18(12-21(26)25-15-10-11-15)16-7-3-4-9-20(16)23/h3-9,13,15,18,24H,2,10-12H2,1H3,(H,25,26). The van der Waals surface area contributed by atoms with Gasteiger partial charge in [0, 0.05) is 40.5 Å². The minimum absolute atomic E-state index is 0.0664. The fourth-order valence-electron chi connectivity index (χ4n) is 3.67. The summed E-state index contributed by atoms with van der Waals surface area (Å²) in [7, 11) is 0. The molecular weight excluding hydrogens is 344 g/mol. The van der Waals surface area contributed by atoms with E-state index >= 15 is 0 Å². The molecule has 1 saturated carbocycles. The molecule has 1 aromatic heterocycles. The van der Waals surface area contributed by atoms with Crippen LogP contribution < -0.4 is 5.32 Å². The van der Waals surface area contributed by atoms with Crippen LogP contribution in [-0.2, 0) is 11.2 Å². The molecule has 1 aliphatic rings. The Labute approximate surface area is 158 Å². The predicted molar refractivity (Wildman–Crippen MR) is 107 cm³/mol. The number of aromatic amines is 1. The zero-order chi connectivity index (χ0) is 18.1. The first-order valence-electron chi connectivity index (χ1n) is 9.30. The third-order valence-electron chi connectivity index (χ3n) is 5.20. The van der Waals surface area contributed by atoms with Gasteiger partial charge in [0.1, 0.15) is 0 Å². The summed E-state index contributed by atoms with van der Waals surface area (Å²) >= 11 is 6.51. The lowest BCUT2D eigenvalue weighted by Crippen LogP contribution is -2.27. The van der Waals surface area contributed by atoms with Crippen LogP contribution in [0, 0.1) is 0 Å². The number of nitrogens with one attached hydrogen (secondary N) is 2. The van der Waals surface area contributed by atoms with Gasteiger partial charge in [-0.2, -0.15) is 0 Å². The van der Waals surface area contributed by atoms with Gasteiger partial charge in [-0.15, -0.1) is 0 Å². The van der Waals surface area contributed by atoms with Crippen molar-refractivity contribution in [1.29, 1.82) is 0 Å². The highest BCUT2D eigenvalue weighted by Crippen LogP contribution is 2.37. The average molecular weight is 367 g/mol. The van der Waals surface area contributed by atoms with Crippen molar-refractivity contribution in [1.82, 2.24) is 10.3 Å². The Morgan fingerprint density at radius 3 is 2.73 bits per heavy atom. The Kier molecular flexibility index (Phi) is 4.73. The van der Waals surface area contributed by atoms with Crippen molar-refractivity contribution in [2.45, 2.75) is 44.6 Å². The summed E-state index contributed by atoms with van der Waals surface area (Å²) in [4.78, 5) is 16.0. The molecule has 0 spiro atoms. The Balaban J connectivity index is 1.77. The number of aryl methyl sites for hydroxylation is 1. The molecule has 0 radical (unpaired) electrons. The minimum atomic E-state index is -0.0664.